The smallest absolute Gasteiger partial charge is 0.534 e. The van der Waals surface area contributed by atoms with E-state index in [9.17, 15) is 0 Å². The Labute approximate surface area is 229 Å². The van der Waals surface area contributed by atoms with Crippen molar-refractivity contribution in [3.63, 3.8) is 0 Å². The third-order valence-electron chi connectivity index (χ3n) is 7.73. The highest BCUT2D eigenvalue weighted by Crippen LogP contribution is 2.37. The number of nitrogens with zero attached hydrogens (tertiary/aromatic N) is 1. The van der Waals surface area contributed by atoms with E-state index in [0.29, 0.717) is 5.76 Å². The Morgan fingerprint density at radius 2 is 1.13 bits per heavy atom. The van der Waals surface area contributed by atoms with Crippen molar-refractivity contribution in [1.82, 2.24) is 4.57 Å². The number of aromatic nitrogens is 1. The lowest BCUT2D eigenvalue weighted by molar-refractivity contribution is 0.173. The molecule has 0 unspecified atom stereocenters. The molecule has 0 spiro atoms. The summed E-state index contributed by atoms with van der Waals surface area (Å²) < 4.78 is 14.4. The van der Waals surface area contributed by atoms with Gasteiger partial charge in [-0.2, -0.15) is 0 Å². The van der Waals surface area contributed by atoms with Crippen LogP contribution in [0.3, 0.4) is 0 Å². The first-order valence-corrected chi connectivity index (χ1v) is 13.3. The van der Waals surface area contributed by atoms with Gasteiger partial charge in [0.05, 0.1) is 16.8 Å². The highest BCUT2D eigenvalue weighted by molar-refractivity contribution is 6.62. The van der Waals surface area contributed by atoms with Gasteiger partial charge in [0.1, 0.15) is 5.60 Å². The van der Waals surface area contributed by atoms with Gasteiger partial charge in [-0.15, -0.1) is 0 Å². The maximum Gasteiger partial charge on any atom is 0.563 e. The molecule has 0 aliphatic carbocycles. The molecule has 188 valence electrons. The molecule has 3 nitrogen and oxygen atoms in total. The molecule has 7 rings (SSSR count). The van der Waals surface area contributed by atoms with E-state index in [-0.39, 0.29) is 0 Å². The number of fused-ring (bicyclic) bond motifs is 3. The fourth-order valence-corrected chi connectivity index (χ4v) is 5.47. The van der Waals surface area contributed by atoms with Gasteiger partial charge in [-0.25, -0.2) is 0 Å². The van der Waals surface area contributed by atoms with Crippen LogP contribution in [0.5, 0.6) is 0 Å². The average Bonchev–Trinajstić information content (AvgIpc) is 3.45. The van der Waals surface area contributed by atoms with E-state index in [4.69, 9.17) is 9.31 Å². The van der Waals surface area contributed by atoms with Crippen molar-refractivity contribution in [3.05, 3.63) is 134 Å². The minimum atomic E-state index is -0.497. The van der Waals surface area contributed by atoms with Crippen LogP contribution in [-0.4, -0.2) is 17.3 Å². The first kappa shape index (κ1) is 23.6. The normalized spacial score (nSPS) is 14.7. The van der Waals surface area contributed by atoms with E-state index in [2.05, 4.69) is 132 Å². The summed E-state index contributed by atoms with van der Waals surface area (Å²) in [5.74, 6) is 0.655. The summed E-state index contributed by atoms with van der Waals surface area (Å²) in [6, 6.07) is 43.1. The molecular formula is C35H28BNO2. The SMILES string of the molecule is C=C1OB(c2ccc(-n3c4ccc(-c5ccccc5)cc4c4cc(-c5ccccc5)ccc43)cc2)OC1(C)C. The highest BCUT2D eigenvalue weighted by atomic mass is 16.7. The Bertz CT molecular complexity index is 1740. The summed E-state index contributed by atoms with van der Waals surface area (Å²) in [5, 5.41) is 2.46. The number of hydrogen-bond donors (Lipinski definition) is 0. The fraction of sp³-hybridized carbons (Fsp3) is 0.0857. The quantitative estimate of drug-likeness (QED) is 0.226. The zero-order valence-corrected chi connectivity index (χ0v) is 22.1. The van der Waals surface area contributed by atoms with Crippen LogP contribution in [-0.2, 0) is 9.31 Å². The summed E-state index contributed by atoms with van der Waals surface area (Å²) in [5.41, 5.74) is 8.76. The van der Waals surface area contributed by atoms with Crippen LogP contribution >= 0.6 is 0 Å². The first-order valence-electron chi connectivity index (χ1n) is 13.3. The summed E-state index contributed by atoms with van der Waals surface area (Å²) in [7, 11) is -0.443. The van der Waals surface area contributed by atoms with Crippen molar-refractivity contribution >= 4 is 34.4 Å². The Kier molecular flexibility index (Phi) is 5.46. The van der Waals surface area contributed by atoms with Crippen molar-refractivity contribution < 1.29 is 9.31 Å². The lowest BCUT2D eigenvalue weighted by Gasteiger charge is -2.15. The van der Waals surface area contributed by atoms with Crippen molar-refractivity contribution in [1.29, 1.82) is 0 Å². The molecule has 0 bridgehead atoms. The van der Waals surface area contributed by atoms with Crippen LogP contribution in [0.2, 0.25) is 0 Å². The molecule has 6 aromatic rings. The molecule has 0 atom stereocenters. The molecule has 4 heteroatoms. The van der Waals surface area contributed by atoms with Crippen LogP contribution in [0.4, 0.5) is 0 Å². The van der Waals surface area contributed by atoms with Gasteiger partial charge in [-0.3, -0.25) is 0 Å². The van der Waals surface area contributed by atoms with Crippen LogP contribution in [0.25, 0.3) is 49.7 Å². The highest BCUT2D eigenvalue weighted by Gasteiger charge is 2.42. The molecule has 1 saturated heterocycles. The van der Waals surface area contributed by atoms with Gasteiger partial charge in [-0.05, 0) is 78.0 Å². The van der Waals surface area contributed by atoms with Gasteiger partial charge in [0.2, 0.25) is 0 Å². The fourth-order valence-electron chi connectivity index (χ4n) is 5.47. The first-order chi connectivity index (χ1) is 19.0. The molecule has 1 fully saturated rings. The molecule has 5 aromatic carbocycles. The lowest BCUT2D eigenvalue weighted by atomic mass is 9.79. The molecule has 0 saturated carbocycles. The zero-order valence-electron chi connectivity index (χ0n) is 22.1. The standard InChI is InChI=1S/C35H28BNO2/c1-24-35(2,3)39-36(38-24)29-16-18-30(19-17-29)37-33-20-14-27(25-10-6-4-7-11-25)22-31(33)32-23-28(15-21-34(32)37)26-12-8-5-9-13-26/h4-23H,1H2,2-3H3. The molecule has 0 radical (unpaired) electrons. The summed E-state index contributed by atoms with van der Waals surface area (Å²) in [4.78, 5) is 0. The third kappa shape index (κ3) is 4.05. The van der Waals surface area contributed by atoms with E-state index < -0.39 is 12.7 Å². The predicted molar refractivity (Wildman–Crippen MR) is 162 cm³/mol. The molecule has 1 aromatic heterocycles. The summed E-state index contributed by atoms with van der Waals surface area (Å²) in [6.45, 7) is 7.98. The predicted octanol–water partition coefficient (Wildman–Crippen LogP) is 8.15. The van der Waals surface area contributed by atoms with Crippen LogP contribution in [0.1, 0.15) is 13.8 Å². The number of hydrogen-bond acceptors (Lipinski definition) is 2. The summed E-state index contributed by atoms with van der Waals surface area (Å²) >= 11 is 0. The van der Waals surface area contributed by atoms with E-state index in [1.165, 1.54) is 44.1 Å². The van der Waals surface area contributed by atoms with E-state index in [0.717, 1.165) is 11.2 Å². The minimum Gasteiger partial charge on any atom is -0.534 e. The topological polar surface area (TPSA) is 23.4 Å². The largest absolute Gasteiger partial charge is 0.563 e. The number of rotatable bonds is 4. The van der Waals surface area contributed by atoms with Gasteiger partial charge < -0.3 is 13.9 Å². The Hall–Kier alpha value is -4.54. The monoisotopic (exact) mass is 505 g/mol. The van der Waals surface area contributed by atoms with Gasteiger partial charge in [-0.1, -0.05) is 91.5 Å². The van der Waals surface area contributed by atoms with Crippen LogP contribution < -0.4 is 5.46 Å². The van der Waals surface area contributed by atoms with Crippen molar-refractivity contribution in [3.8, 4) is 27.9 Å². The van der Waals surface area contributed by atoms with Crippen LogP contribution in [0.15, 0.2) is 134 Å². The molecule has 1 aliphatic heterocycles. The number of benzene rings is 5. The zero-order chi connectivity index (χ0) is 26.6. The van der Waals surface area contributed by atoms with E-state index in [1.54, 1.807) is 0 Å². The average molecular weight is 505 g/mol. The van der Waals surface area contributed by atoms with Crippen molar-refractivity contribution in [2.45, 2.75) is 19.4 Å². The molecule has 1 aliphatic rings. The third-order valence-corrected chi connectivity index (χ3v) is 7.73. The van der Waals surface area contributed by atoms with Crippen molar-refractivity contribution in [2.75, 3.05) is 0 Å². The molecule has 2 heterocycles. The molecule has 0 amide bonds. The Morgan fingerprint density at radius 3 is 1.59 bits per heavy atom. The van der Waals surface area contributed by atoms with Gasteiger partial charge in [0, 0.05) is 16.5 Å². The molecule has 39 heavy (non-hydrogen) atoms. The van der Waals surface area contributed by atoms with Crippen LogP contribution in [0, 0.1) is 0 Å². The second-order valence-corrected chi connectivity index (χ2v) is 10.6. The second-order valence-electron chi connectivity index (χ2n) is 10.6. The van der Waals surface area contributed by atoms with Gasteiger partial charge in [0.25, 0.3) is 0 Å². The summed E-state index contributed by atoms with van der Waals surface area (Å²) in [6.07, 6.45) is 0. The molecule has 0 N–H and O–H groups in total. The van der Waals surface area contributed by atoms with Crippen molar-refractivity contribution in [2.24, 2.45) is 0 Å². The second kappa shape index (κ2) is 9.04. The minimum absolute atomic E-state index is 0.443. The lowest BCUT2D eigenvalue weighted by Crippen LogP contribution is -2.34. The maximum absolute atomic E-state index is 6.10. The van der Waals surface area contributed by atoms with Gasteiger partial charge in [0.15, 0.2) is 0 Å². The van der Waals surface area contributed by atoms with E-state index >= 15 is 0 Å². The van der Waals surface area contributed by atoms with E-state index in [1.807, 2.05) is 13.8 Å². The Morgan fingerprint density at radius 1 is 0.615 bits per heavy atom. The Balaban J connectivity index is 1.39. The van der Waals surface area contributed by atoms with Gasteiger partial charge >= 0.3 is 7.12 Å². The molecular weight excluding hydrogens is 477 g/mol. The maximum atomic E-state index is 6.10.